The van der Waals surface area contributed by atoms with Gasteiger partial charge in [0.1, 0.15) is 0 Å². The summed E-state index contributed by atoms with van der Waals surface area (Å²) in [4.78, 5) is 31.6. The zero-order valence-corrected chi connectivity index (χ0v) is 16.4. The van der Waals surface area contributed by atoms with Crippen molar-refractivity contribution in [3.8, 4) is 0 Å². The van der Waals surface area contributed by atoms with E-state index in [1.54, 1.807) is 10.9 Å². The van der Waals surface area contributed by atoms with Crippen LogP contribution in [0.5, 0.6) is 0 Å². The molecule has 1 amide bonds. The van der Waals surface area contributed by atoms with Crippen molar-refractivity contribution in [1.29, 1.82) is 0 Å². The molecule has 1 atom stereocenters. The molecule has 1 aromatic heterocycles. The maximum Gasteiger partial charge on any atom is 0.261 e. The molecule has 1 saturated heterocycles. The summed E-state index contributed by atoms with van der Waals surface area (Å²) in [7, 11) is 0. The van der Waals surface area contributed by atoms with Crippen LogP contribution in [-0.2, 0) is 11.3 Å². The number of hydrogen-bond acceptors (Lipinski definition) is 4. The van der Waals surface area contributed by atoms with E-state index in [4.69, 9.17) is 0 Å². The van der Waals surface area contributed by atoms with Crippen molar-refractivity contribution in [2.45, 2.75) is 58.5 Å². The molecular formula is C21H30N4O2. The molecule has 6 heteroatoms. The van der Waals surface area contributed by atoms with E-state index >= 15 is 0 Å². The topological polar surface area (TPSA) is 67.2 Å². The van der Waals surface area contributed by atoms with Crippen molar-refractivity contribution < 1.29 is 4.79 Å². The van der Waals surface area contributed by atoms with Gasteiger partial charge < -0.3 is 5.32 Å². The highest BCUT2D eigenvalue weighted by Gasteiger charge is 2.20. The number of nitrogens with one attached hydrogen (secondary N) is 1. The van der Waals surface area contributed by atoms with Crippen LogP contribution in [0.4, 0.5) is 0 Å². The minimum absolute atomic E-state index is 0.0378. The molecule has 1 N–H and O–H groups in total. The number of rotatable bonds is 8. The molecule has 146 valence electrons. The van der Waals surface area contributed by atoms with Gasteiger partial charge in [-0.3, -0.25) is 19.1 Å². The molecule has 0 bridgehead atoms. The van der Waals surface area contributed by atoms with Crippen molar-refractivity contribution in [3.63, 3.8) is 0 Å². The molecule has 2 aromatic rings. The number of aryl methyl sites for hydroxylation is 2. The zero-order valence-electron chi connectivity index (χ0n) is 16.4. The van der Waals surface area contributed by atoms with Crippen LogP contribution in [0.15, 0.2) is 29.3 Å². The molecule has 0 spiro atoms. The SMILES string of the molecule is CCC(CNC(=O)CCCn1cnc2c(C)cccc2c1=O)N1CCCC1. The number of aromatic nitrogens is 2. The number of carbonyl (C=O) groups excluding carboxylic acids is 1. The molecule has 2 heterocycles. The van der Waals surface area contributed by atoms with Gasteiger partial charge in [0.05, 0.1) is 17.2 Å². The van der Waals surface area contributed by atoms with Crippen molar-refractivity contribution in [2.24, 2.45) is 0 Å². The molecule has 1 fully saturated rings. The van der Waals surface area contributed by atoms with E-state index in [1.807, 2.05) is 25.1 Å². The third-order valence-corrected chi connectivity index (χ3v) is 5.52. The molecule has 0 saturated carbocycles. The predicted molar refractivity (Wildman–Crippen MR) is 108 cm³/mol. The van der Waals surface area contributed by atoms with Gasteiger partial charge in [0.15, 0.2) is 0 Å². The van der Waals surface area contributed by atoms with Crippen molar-refractivity contribution in [1.82, 2.24) is 19.8 Å². The first-order chi connectivity index (χ1) is 13.1. The van der Waals surface area contributed by atoms with Gasteiger partial charge in [-0.05, 0) is 57.3 Å². The van der Waals surface area contributed by atoms with Crippen molar-refractivity contribution in [2.75, 3.05) is 19.6 Å². The Balaban J connectivity index is 1.49. The Morgan fingerprint density at radius 3 is 2.81 bits per heavy atom. The summed E-state index contributed by atoms with van der Waals surface area (Å²) < 4.78 is 1.61. The fourth-order valence-corrected chi connectivity index (χ4v) is 3.87. The van der Waals surface area contributed by atoms with E-state index in [-0.39, 0.29) is 11.5 Å². The monoisotopic (exact) mass is 370 g/mol. The van der Waals surface area contributed by atoms with Crippen LogP contribution in [0.1, 0.15) is 44.6 Å². The molecular weight excluding hydrogens is 340 g/mol. The number of para-hydroxylation sites is 1. The molecule has 1 aromatic carbocycles. The van der Waals surface area contributed by atoms with Crippen molar-refractivity contribution >= 4 is 16.8 Å². The molecule has 1 aliphatic heterocycles. The summed E-state index contributed by atoms with van der Waals surface area (Å²) >= 11 is 0. The number of amides is 1. The summed E-state index contributed by atoms with van der Waals surface area (Å²) in [5.41, 5.74) is 1.72. The maximum absolute atomic E-state index is 12.6. The predicted octanol–water partition coefficient (Wildman–Crippen LogP) is 2.48. The second-order valence-electron chi connectivity index (χ2n) is 7.43. The molecule has 3 rings (SSSR count). The van der Waals surface area contributed by atoms with E-state index in [1.165, 1.54) is 12.8 Å². The van der Waals surface area contributed by atoms with E-state index in [0.717, 1.165) is 30.6 Å². The van der Waals surface area contributed by atoms with E-state index in [9.17, 15) is 9.59 Å². The number of benzene rings is 1. The lowest BCUT2D eigenvalue weighted by atomic mass is 10.1. The van der Waals surface area contributed by atoms with Crippen LogP contribution in [0, 0.1) is 6.92 Å². The van der Waals surface area contributed by atoms with Gasteiger partial charge >= 0.3 is 0 Å². The van der Waals surface area contributed by atoms with Gasteiger partial charge in [-0.15, -0.1) is 0 Å². The smallest absolute Gasteiger partial charge is 0.261 e. The average Bonchev–Trinajstić information content (AvgIpc) is 3.19. The number of hydrogen-bond donors (Lipinski definition) is 1. The highest BCUT2D eigenvalue weighted by molar-refractivity contribution is 5.80. The lowest BCUT2D eigenvalue weighted by molar-refractivity contribution is -0.121. The number of fused-ring (bicyclic) bond motifs is 1. The van der Waals surface area contributed by atoms with Crippen LogP contribution in [-0.4, -0.2) is 46.0 Å². The summed E-state index contributed by atoms with van der Waals surface area (Å²) in [6.07, 6.45) is 6.23. The Bertz CT molecular complexity index is 840. The first-order valence-corrected chi connectivity index (χ1v) is 10.1. The van der Waals surface area contributed by atoms with E-state index in [2.05, 4.69) is 22.1 Å². The van der Waals surface area contributed by atoms with Crippen molar-refractivity contribution in [3.05, 3.63) is 40.4 Å². The Labute approximate surface area is 160 Å². The van der Waals surface area contributed by atoms with Gasteiger partial charge in [0.2, 0.25) is 5.91 Å². The second kappa shape index (κ2) is 9.13. The molecule has 0 radical (unpaired) electrons. The second-order valence-corrected chi connectivity index (χ2v) is 7.43. The third-order valence-electron chi connectivity index (χ3n) is 5.52. The summed E-state index contributed by atoms with van der Waals surface area (Å²) in [5.74, 6) is 0.0605. The Morgan fingerprint density at radius 2 is 2.07 bits per heavy atom. The normalized spacial score (nSPS) is 15.9. The maximum atomic E-state index is 12.6. The Kier molecular flexibility index (Phi) is 6.61. The highest BCUT2D eigenvalue weighted by Crippen LogP contribution is 2.14. The first-order valence-electron chi connectivity index (χ1n) is 10.1. The standard InChI is InChI=1S/C21H30N4O2/c1-3-17(24-11-4-5-12-24)14-22-19(26)10-7-13-25-15-23-20-16(2)8-6-9-18(20)21(25)27/h6,8-9,15,17H,3-5,7,10-14H2,1-2H3,(H,22,26). The Hall–Kier alpha value is -2.21. The van der Waals surface area contributed by atoms with Gasteiger partial charge in [-0.2, -0.15) is 0 Å². The van der Waals surface area contributed by atoms with Gasteiger partial charge in [0.25, 0.3) is 5.56 Å². The quantitative estimate of drug-likeness (QED) is 0.775. The highest BCUT2D eigenvalue weighted by atomic mass is 16.1. The fraction of sp³-hybridized carbons (Fsp3) is 0.571. The fourth-order valence-electron chi connectivity index (χ4n) is 3.87. The number of likely N-dealkylation sites (tertiary alicyclic amines) is 1. The third kappa shape index (κ3) is 4.75. The van der Waals surface area contributed by atoms with Crippen LogP contribution < -0.4 is 10.9 Å². The number of nitrogens with zero attached hydrogens (tertiary/aromatic N) is 3. The van der Waals surface area contributed by atoms with E-state index < -0.39 is 0 Å². The Morgan fingerprint density at radius 1 is 1.30 bits per heavy atom. The van der Waals surface area contributed by atoms with Crippen LogP contribution in [0.3, 0.4) is 0 Å². The molecule has 6 nitrogen and oxygen atoms in total. The summed E-state index contributed by atoms with van der Waals surface area (Å²) in [5, 5.41) is 3.70. The van der Waals surface area contributed by atoms with Gasteiger partial charge in [-0.25, -0.2) is 4.98 Å². The summed E-state index contributed by atoms with van der Waals surface area (Å²) in [6.45, 7) is 7.64. The zero-order chi connectivity index (χ0) is 19.2. The lowest BCUT2D eigenvalue weighted by Gasteiger charge is -2.26. The van der Waals surface area contributed by atoms with E-state index in [0.29, 0.717) is 37.4 Å². The molecule has 27 heavy (non-hydrogen) atoms. The largest absolute Gasteiger partial charge is 0.355 e. The van der Waals surface area contributed by atoms with Gasteiger partial charge in [0, 0.05) is 25.6 Å². The average molecular weight is 370 g/mol. The van der Waals surface area contributed by atoms with Crippen LogP contribution in [0.2, 0.25) is 0 Å². The van der Waals surface area contributed by atoms with Gasteiger partial charge in [-0.1, -0.05) is 19.1 Å². The molecule has 0 aliphatic carbocycles. The first kappa shape index (κ1) is 19.5. The summed E-state index contributed by atoms with van der Waals surface area (Å²) in [6, 6.07) is 6.08. The minimum Gasteiger partial charge on any atom is -0.355 e. The minimum atomic E-state index is -0.0378. The van der Waals surface area contributed by atoms with Crippen LogP contribution in [0.25, 0.3) is 10.9 Å². The lowest BCUT2D eigenvalue weighted by Crippen LogP contribution is -2.42. The molecule has 1 aliphatic rings. The molecule has 1 unspecified atom stereocenters. The number of carbonyl (C=O) groups is 1. The van der Waals surface area contributed by atoms with Crippen LogP contribution >= 0.6 is 0 Å².